The first kappa shape index (κ1) is 30.8. The molecule has 4 rings (SSSR count). The van der Waals surface area contributed by atoms with Crippen molar-refractivity contribution in [2.45, 2.75) is 51.7 Å². The van der Waals surface area contributed by atoms with E-state index in [0.29, 0.717) is 44.1 Å². The summed E-state index contributed by atoms with van der Waals surface area (Å²) in [5.74, 6) is -1.25. The van der Waals surface area contributed by atoms with Crippen LogP contribution in [0.25, 0.3) is 0 Å². The quantitative estimate of drug-likeness (QED) is 0.306. The third kappa shape index (κ3) is 7.36. The van der Waals surface area contributed by atoms with Gasteiger partial charge in [0.25, 0.3) is 11.8 Å². The number of hydrogen-bond donors (Lipinski definition) is 1. The number of nitrogens with one attached hydrogen (secondary N) is 1. The molecule has 2 aliphatic heterocycles. The summed E-state index contributed by atoms with van der Waals surface area (Å²) in [6.45, 7) is 5.89. The molecular formula is C31H34F3N5O3. The Morgan fingerprint density at radius 3 is 2.31 bits per heavy atom. The highest BCUT2D eigenvalue weighted by Crippen LogP contribution is 2.37. The van der Waals surface area contributed by atoms with Crippen molar-refractivity contribution < 1.29 is 27.6 Å². The third-order valence-electron chi connectivity index (χ3n) is 7.72. The zero-order valence-corrected chi connectivity index (χ0v) is 23.5. The van der Waals surface area contributed by atoms with Crippen LogP contribution >= 0.6 is 0 Å². The fourth-order valence-corrected chi connectivity index (χ4v) is 5.27. The minimum absolute atomic E-state index is 0.0541. The Labute approximate surface area is 243 Å². The Bertz CT molecular complexity index is 1380. The van der Waals surface area contributed by atoms with Crippen molar-refractivity contribution >= 4 is 23.5 Å². The van der Waals surface area contributed by atoms with Crippen LogP contribution in [0.1, 0.15) is 55.7 Å². The van der Waals surface area contributed by atoms with Crippen LogP contribution in [-0.2, 0) is 22.3 Å². The zero-order valence-electron chi connectivity index (χ0n) is 23.5. The highest BCUT2D eigenvalue weighted by molar-refractivity contribution is 6.32. The molecule has 0 saturated carbocycles. The highest BCUT2D eigenvalue weighted by atomic mass is 19.4. The molecule has 0 bridgehead atoms. The van der Waals surface area contributed by atoms with Gasteiger partial charge in [-0.25, -0.2) is 9.69 Å². The molecule has 1 saturated heterocycles. The SMILES string of the molecule is CC1=C(CCCCCCN2CCN(C(=O)NCc3ccccc3)CC2)C(=O)N(c2ccc(C#N)c(C(F)(F)F)c2)C1=O. The van der Waals surface area contributed by atoms with E-state index in [0.717, 1.165) is 55.4 Å². The first-order chi connectivity index (χ1) is 20.1. The average molecular weight is 582 g/mol. The molecule has 0 atom stereocenters. The van der Waals surface area contributed by atoms with E-state index in [2.05, 4.69) is 10.2 Å². The summed E-state index contributed by atoms with van der Waals surface area (Å²) < 4.78 is 40.2. The van der Waals surface area contributed by atoms with Crippen LogP contribution in [0.2, 0.25) is 0 Å². The van der Waals surface area contributed by atoms with Gasteiger partial charge in [-0.1, -0.05) is 43.2 Å². The Morgan fingerprint density at radius 2 is 1.64 bits per heavy atom. The number of nitrogens with zero attached hydrogens (tertiary/aromatic N) is 4. The smallest absolute Gasteiger partial charge is 0.334 e. The lowest BCUT2D eigenvalue weighted by atomic mass is 10.0. The molecule has 2 aromatic rings. The number of imide groups is 1. The lowest BCUT2D eigenvalue weighted by Crippen LogP contribution is -2.51. The summed E-state index contributed by atoms with van der Waals surface area (Å²) in [7, 11) is 0. The van der Waals surface area contributed by atoms with E-state index in [1.807, 2.05) is 35.2 Å². The zero-order chi connectivity index (χ0) is 30.3. The van der Waals surface area contributed by atoms with Gasteiger partial charge in [0, 0.05) is 43.9 Å². The van der Waals surface area contributed by atoms with Crippen molar-refractivity contribution in [1.29, 1.82) is 5.26 Å². The Hall–Kier alpha value is -4.17. The standard InChI is InChI=1S/C31H34F3N5O3/c1-22-26(29(41)39(28(22)40)25-13-12-24(20-35)27(19-25)31(32,33)34)11-7-2-3-8-14-37-15-17-38(18-16-37)30(42)36-21-23-9-5-4-6-10-23/h4-6,9-10,12-13,19H,2-3,7-8,11,14-18,21H2,1H3,(H,36,42). The number of carbonyl (C=O) groups is 3. The van der Waals surface area contributed by atoms with Crippen molar-refractivity contribution in [1.82, 2.24) is 15.1 Å². The number of alkyl halides is 3. The minimum atomic E-state index is -4.79. The minimum Gasteiger partial charge on any atom is -0.334 e. The molecule has 2 aliphatic rings. The van der Waals surface area contributed by atoms with E-state index in [-0.39, 0.29) is 17.3 Å². The predicted octanol–water partition coefficient (Wildman–Crippen LogP) is 5.24. The summed E-state index contributed by atoms with van der Waals surface area (Å²) in [5.41, 5.74) is -0.325. The predicted molar refractivity (Wildman–Crippen MR) is 151 cm³/mol. The van der Waals surface area contributed by atoms with Crippen LogP contribution in [-0.4, -0.2) is 60.4 Å². The Balaban J connectivity index is 1.17. The number of benzene rings is 2. The Morgan fingerprint density at radius 1 is 0.952 bits per heavy atom. The van der Waals surface area contributed by atoms with E-state index in [1.54, 1.807) is 0 Å². The maximum atomic E-state index is 13.4. The van der Waals surface area contributed by atoms with E-state index in [4.69, 9.17) is 5.26 Å². The van der Waals surface area contributed by atoms with Crippen LogP contribution in [0.3, 0.4) is 0 Å². The summed E-state index contributed by atoms with van der Waals surface area (Å²) in [6, 6.07) is 14.1. The van der Waals surface area contributed by atoms with E-state index < -0.39 is 29.1 Å². The number of hydrogen-bond acceptors (Lipinski definition) is 5. The number of piperazine rings is 1. The summed E-state index contributed by atoms with van der Waals surface area (Å²) in [5, 5.41) is 12.0. The largest absolute Gasteiger partial charge is 0.417 e. The van der Waals surface area contributed by atoms with Gasteiger partial charge in [0.15, 0.2) is 0 Å². The molecule has 0 radical (unpaired) electrons. The van der Waals surface area contributed by atoms with Crippen molar-refractivity contribution in [3.8, 4) is 6.07 Å². The molecule has 11 heteroatoms. The number of rotatable bonds is 10. The second-order valence-electron chi connectivity index (χ2n) is 10.5. The third-order valence-corrected chi connectivity index (χ3v) is 7.72. The van der Waals surface area contributed by atoms with Gasteiger partial charge in [-0.05, 0) is 56.5 Å². The van der Waals surface area contributed by atoms with Gasteiger partial charge in [-0.3, -0.25) is 14.5 Å². The number of nitriles is 1. The second kappa shape index (κ2) is 13.7. The molecule has 0 aliphatic carbocycles. The number of halogens is 3. The van der Waals surface area contributed by atoms with Crippen LogP contribution in [0.4, 0.5) is 23.7 Å². The molecule has 8 nitrogen and oxygen atoms in total. The van der Waals surface area contributed by atoms with E-state index >= 15 is 0 Å². The van der Waals surface area contributed by atoms with Crippen molar-refractivity contribution in [3.05, 3.63) is 76.4 Å². The first-order valence-electron chi connectivity index (χ1n) is 14.1. The normalized spacial score (nSPS) is 16.3. The summed E-state index contributed by atoms with van der Waals surface area (Å²) >= 11 is 0. The van der Waals surface area contributed by atoms with Crippen LogP contribution in [0.15, 0.2) is 59.7 Å². The lowest BCUT2D eigenvalue weighted by Gasteiger charge is -2.34. The molecule has 0 spiro atoms. The molecule has 0 aromatic heterocycles. The van der Waals surface area contributed by atoms with Crippen LogP contribution < -0.4 is 10.2 Å². The van der Waals surface area contributed by atoms with Crippen molar-refractivity contribution in [2.75, 3.05) is 37.6 Å². The number of urea groups is 1. The number of carbonyl (C=O) groups excluding carboxylic acids is 3. The Kier molecular flexibility index (Phi) is 10.0. The van der Waals surface area contributed by atoms with Crippen LogP contribution in [0, 0.1) is 11.3 Å². The molecular weight excluding hydrogens is 547 g/mol. The van der Waals surface area contributed by atoms with Gasteiger partial charge in [0.2, 0.25) is 0 Å². The number of anilines is 1. The van der Waals surface area contributed by atoms with Gasteiger partial charge in [-0.15, -0.1) is 0 Å². The van der Waals surface area contributed by atoms with Crippen LogP contribution in [0.5, 0.6) is 0 Å². The fourth-order valence-electron chi connectivity index (χ4n) is 5.27. The number of amides is 4. The first-order valence-corrected chi connectivity index (χ1v) is 14.1. The maximum absolute atomic E-state index is 13.4. The molecule has 1 fully saturated rings. The van der Waals surface area contributed by atoms with Gasteiger partial charge >= 0.3 is 12.2 Å². The lowest BCUT2D eigenvalue weighted by molar-refractivity contribution is -0.138. The second-order valence-corrected chi connectivity index (χ2v) is 10.5. The topological polar surface area (TPSA) is 96.8 Å². The average Bonchev–Trinajstić information content (AvgIpc) is 3.20. The van der Waals surface area contributed by atoms with E-state index in [1.165, 1.54) is 19.1 Å². The van der Waals surface area contributed by atoms with Crippen molar-refractivity contribution in [2.24, 2.45) is 0 Å². The monoisotopic (exact) mass is 581 g/mol. The molecule has 2 heterocycles. The van der Waals surface area contributed by atoms with Gasteiger partial charge < -0.3 is 10.2 Å². The molecule has 2 aromatic carbocycles. The highest BCUT2D eigenvalue weighted by Gasteiger charge is 2.39. The molecule has 222 valence electrons. The van der Waals surface area contributed by atoms with Crippen molar-refractivity contribution in [3.63, 3.8) is 0 Å². The number of unbranched alkanes of at least 4 members (excludes halogenated alkanes) is 3. The summed E-state index contributed by atoms with van der Waals surface area (Å²) in [4.78, 5) is 43.2. The maximum Gasteiger partial charge on any atom is 0.417 e. The van der Waals surface area contributed by atoms with Gasteiger partial charge in [0.05, 0.1) is 22.9 Å². The van der Waals surface area contributed by atoms with Gasteiger partial charge in [0.1, 0.15) is 0 Å². The fraction of sp³-hybridized carbons (Fsp3) is 0.419. The molecule has 42 heavy (non-hydrogen) atoms. The summed E-state index contributed by atoms with van der Waals surface area (Å²) in [6.07, 6.45) is -1.01. The van der Waals surface area contributed by atoms with E-state index in [9.17, 15) is 27.6 Å². The molecule has 1 N–H and O–H groups in total. The van der Waals surface area contributed by atoms with Gasteiger partial charge in [-0.2, -0.15) is 18.4 Å². The molecule has 4 amide bonds. The molecule has 0 unspecified atom stereocenters.